The van der Waals surface area contributed by atoms with Gasteiger partial charge in [0, 0.05) is 0 Å². The molecule has 2 aromatic rings. The van der Waals surface area contributed by atoms with Gasteiger partial charge in [0.2, 0.25) is 0 Å². The Labute approximate surface area is 262 Å². The van der Waals surface area contributed by atoms with Gasteiger partial charge in [-0.05, 0) is 66.8 Å². The molecule has 0 amide bonds. The molecule has 2 aromatic carbocycles. The van der Waals surface area contributed by atoms with E-state index in [9.17, 15) is 29.4 Å². The molecule has 0 aliphatic carbocycles. The van der Waals surface area contributed by atoms with Crippen molar-refractivity contribution in [2.24, 2.45) is 11.8 Å². The van der Waals surface area contributed by atoms with Crippen molar-refractivity contribution >= 4 is 23.9 Å². The third-order valence-corrected chi connectivity index (χ3v) is 7.68. The zero-order chi connectivity index (χ0) is 33.1. The molecule has 8 heteroatoms. The number of hydrogen-bond acceptors (Lipinski definition) is 4. The summed E-state index contributed by atoms with van der Waals surface area (Å²) in [6.45, 7) is 9.01. The summed E-state index contributed by atoms with van der Waals surface area (Å²) in [7, 11) is 0. The minimum Gasteiger partial charge on any atom is -0.478 e. The highest BCUT2D eigenvalue weighted by Gasteiger charge is 2.22. The fraction of sp³-hybridized carbons (Fsp3) is 0.556. The molecule has 0 spiro atoms. The smallest absolute Gasteiger partial charge is 0.336 e. The van der Waals surface area contributed by atoms with E-state index in [0.717, 1.165) is 61.5 Å². The molecule has 0 unspecified atom stereocenters. The average Bonchev–Trinajstić information content (AvgIpc) is 2.96. The number of aromatic carboxylic acids is 4. The summed E-state index contributed by atoms with van der Waals surface area (Å²) in [5.74, 6) is -3.24. The molecular formula is C36H52O8. The summed E-state index contributed by atoms with van der Waals surface area (Å²) < 4.78 is 0. The molecule has 0 aliphatic heterocycles. The summed E-state index contributed by atoms with van der Waals surface area (Å²) in [5, 5.41) is 36.4. The van der Waals surface area contributed by atoms with Crippen LogP contribution in [0, 0.1) is 11.8 Å². The number of carbonyl (C=O) groups is 4. The molecule has 244 valence electrons. The van der Waals surface area contributed by atoms with Crippen LogP contribution in [0.5, 0.6) is 0 Å². The normalized spacial score (nSPS) is 10.9. The second-order valence-corrected chi connectivity index (χ2v) is 12.3. The standard InChI is InChI=1S/C28H46O4.C8H6O4/c1-21(2)15-11-7-5-9-13-17-23-19-20-25(27(29)30)26(28(31)32)24(23)18-14-10-6-8-12-16-22(3)4;9-7(10)5-3-1-2-4-6(5)8(11)12/h19-22H,5-18H2,1-4H3,(H,29,30)(H,31,32);1-4H,(H,9,10)(H,11,12). The van der Waals surface area contributed by atoms with E-state index in [4.69, 9.17) is 10.2 Å². The molecule has 0 bridgehead atoms. The molecule has 0 atom stereocenters. The lowest BCUT2D eigenvalue weighted by Gasteiger charge is -2.15. The first-order chi connectivity index (χ1) is 20.9. The summed E-state index contributed by atoms with van der Waals surface area (Å²) in [6.07, 6.45) is 15.5. The maximum atomic E-state index is 12.0. The second-order valence-electron chi connectivity index (χ2n) is 12.3. The molecular weight excluding hydrogens is 560 g/mol. The fourth-order valence-electron chi connectivity index (χ4n) is 5.27. The molecule has 4 N–H and O–H groups in total. The summed E-state index contributed by atoms with van der Waals surface area (Å²) >= 11 is 0. The second kappa shape index (κ2) is 21.1. The van der Waals surface area contributed by atoms with Crippen molar-refractivity contribution < 1.29 is 39.6 Å². The van der Waals surface area contributed by atoms with Gasteiger partial charge in [0.25, 0.3) is 0 Å². The number of aryl methyl sites for hydroxylation is 1. The van der Waals surface area contributed by atoms with Crippen molar-refractivity contribution in [3.05, 3.63) is 69.8 Å². The van der Waals surface area contributed by atoms with Crippen LogP contribution < -0.4 is 0 Å². The Morgan fingerprint density at radius 1 is 0.500 bits per heavy atom. The molecule has 0 aliphatic rings. The molecule has 0 radical (unpaired) electrons. The van der Waals surface area contributed by atoms with Gasteiger partial charge in [-0.15, -0.1) is 0 Å². The Kier molecular flexibility index (Phi) is 18.4. The molecule has 0 fully saturated rings. The van der Waals surface area contributed by atoms with Gasteiger partial charge in [-0.25, -0.2) is 19.2 Å². The first kappa shape index (κ1) is 38.3. The first-order valence-corrected chi connectivity index (χ1v) is 16.0. The van der Waals surface area contributed by atoms with Crippen LogP contribution in [0.1, 0.15) is 157 Å². The molecule has 8 nitrogen and oxygen atoms in total. The van der Waals surface area contributed by atoms with E-state index in [2.05, 4.69) is 27.7 Å². The van der Waals surface area contributed by atoms with Gasteiger partial charge in [0.05, 0.1) is 22.3 Å². The molecule has 0 heterocycles. The summed E-state index contributed by atoms with van der Waals surface area (Å²) in [6, 6.07) is 8.81. The quantitative estimate of drug-likeness (QED) is 0.108. The van der Waals surface area contributed by atoms with Crippen LogP contribution in [-0.4, -0.2) is 44.3 Å². The maximum absolute atomic E-state index is 12.0. The molecule has 0 saturated heterocycles. The fourth-order valence-corrected chi connectivity index (χ4v) is 5.27. The minimum atomic E-state index is -1.23. The molecule has 0 saturated carbocycles. The van der Waals surface area contributed by atoms with Crippen LogP contribution in [0.15, 0.2) is 36.4 Å². The summed E-state index contributed by atoms with van der Waals surface area (Å²) in [5.41, 5.74) is 1.32. The predicted octanol–water partition coefficient (Wildman–Crippen LogP) is 9.24. The lowest BCUT2D eigenvalue weighted by Crippen LogP contribution is -2.14. The minimum absolute atomic E-state index is 0.00624. The Bertz CT molecular complexity index is 1170. The third-order valence-electron chi connectivity index (χ3n) is 7.68. The van der Waals surface area contributed by atoms with E-state index in [1.165, 1.54) is 75.3 Å². The number of rotatable bonds is 20. The maximum Gasteiger partial charge on any atom is 0.336 e. The van der Waals surface area contributed by atoms with Crippen molar-refractivity contribution in [1.82, 2.24) is 0 Å². The van der Waals surface area contributed by atoms with Crippen molar-refractivity contribution in [2.75, 3.05) is 0 Å². The monoisotopic (exact) mass is 612 g/mol. The van der Waals surface area contributed by atoms with Gasteiger partial charge in [-0.1, -0.05) is 110 Å². The largest absolute Gasteiger partial charge is 0.478 e. The van der Waals surface area contributed by atoms with E-state index in [-0.39, 0.29) is 22.3 Å². The number of carboxylic acid groups (broad SMARTS) is 4. The lowest BCUT2D eigenvalue weighted by molar-refractivity contribution is 0.0650. The Morgan fingerprint density at radius 3 is 1.32 bits per heavy atom. The summed E-state index contributed by atoms with van der Waals surface area (Å²) in [4.78, 5) is 44.5. The number of benzene rings is 2. The highest BCUT2D eigenvalue weighted by molar-refractivity contribution is 6.03. The van der Waals surface area contributed by atoms with E-state index >= 15 is 0 Å². The van der Waals surface area contributed by atoms with Gasteiger partial charge >= 0.3 is 23.9 Å². The number of unbranched alkanes of at least 4 members (excludes halogenated alkanes) is 8. The van der Waals surface area contributed by atoms with Crippen molar-refractivity contribution in [3.63, 3.8) is 0 Å². The van der Waals surface area contributed by atoms with E-state index in [1.807, 2.05) is 6.07 Å². The van der Waals surface area contributed by atoms with Gasteiger partial charge in [0.15, 0.2) is 0 Å². The van der Waals surface area contributed by atoms with E-state index < -0.39 is 23.9 Å². The predicted molar refractivity (Wildman–Crippen MR) is 173 cm³/mol. The van der Waals surface area contributed by atoms with Crippen molar-refractivity contribution in [3.8, 4) is 0 Å². The third kappa shape index (κ3) is 14.7. The number of carboxylic acids is 4. The molecule has 2 rings (SSSR count). The van der Waals surface area contributed by atoms with Crippen LogP contribution >= 0.6 is 0 Å². The molecule has 0 aromatic heterocycles. The Balaban J connectivity index is 0.000000669. The lowest BCUT2D eigenvalue weighted by atomic mass is 9.89. The van der Waals surface area contributed by atoms with Crippen molar-refractivity contribution in [1.29, 1.82) is 0 Å². The first-order valence-electron chi connectivity index (χ1n) is 16.0. The zero-order valence-electron chi connectivity index (χ0n) is 26.9. The SMILES string of the molecule is CC(C)CCCCCCCc1ccc(C(=O)O)c(C(=O)O)c1CCCCCCCC(C)C.O=C(O)c1ccccc1C(=O)O. The Hall–Kier alpha value is -3.68. The average molecular weight is 613 g/mol. The van der Waals surface area contributed by atoms with Gasteiger partial charge < -0.3 is 20.4 Å². The number of hydrogen-bond donors (Lipinski definition) is 4. The zero-order valence-corrected chi connectivity index (χ0v) is 26.9. The topological polar surface area (TPSA) is 149 Å². The Morgan fingerprint density at radius 2 is 0.909 bits per heavy atom. The van der Waals surface area contributed by atoms with Crippen LogP contribution in [0.25, 0.3) is 0 Å². The van der Waals surface area contributed by atoms with Crippen LogP contribution in [0.4, 0.5) is 0 Å². The van der Waals surface area contributed by atoms with Crippen LogP contribution in [0.2, 0.25) is 0 Å². The highest BCUT2D eigenvalue weighted by Crippen LogP contribution is 2.25. The highest BCUT2D eigenvalue weighted by atomic mass is 16.4. The van der Waals surface area contributed by atoms with E-state index in [1.54, 1.807) is 0 Å². The van der Waals surface area contributed by atoms with Crippen LogP contribution in [-0.2, 0) is 12.8 Å². The van der Waals surface area contributed by atoms with Crippen LogP contribution in [0.3, 0.4) is 0 Å². The van der Waals surface area contributed by atoms with Gasteiger partial charge in [-0.3, -0.25) is 0 Å². The van der Waals surface area contributed by atoms with Gasteiger partial charge in [-0.2, -0.15) is 0 Å². The molecule has 44 heavy (non-hydrogen) atoms. The van der Waals surface area contributed by atoms with Crippen molar-refractivity contribution in [2.45, 2.75) is 118 Å². The van der Waals surface area contributed by atoms with Gasteiger partial charge in [0.1, 0.15) is 0 Å². The van der Waals surface area contributed by atoms with E-state index in [0.29, 0.717) is 6.42 Å².